The molecule has 0 spiro atoms. The smallest absolute Gasteiger partial charge is 0.332 e. The van der Waals surface area contributed by atoms with E-state index in [1.54, 1.807) is 6.07 Å². The summed E-state index contributed by atoms with van der Waals surface area (Å²) in [6.07, 6.45) is 3.68. The Morgan fingerprint density at radius 2 is 1.97 bits per heavy atom. The molecule has 9 heteroatoms. The van der Waals surface area contributed by atoms with Crippen LogP contribution in [0.3, 0.4) is 0 Å². The lowest BCUT2D eigenvalue weighted by atomic mass is 9.97. The average Bonchev–Trinajstić information content (AvgIpc) is 3.12. The van der Waals surface area contributed by atoms with E-state index < -0.39 is 17.4 Å². The van der Waals surface area contributed by atoms with Crippen molar-refractivity contribution in [2.24, 2.45) is 0 Å². The first-order valence-corrected chi connectivity index (χ1v) is 10.6. The van der Waals surface area contributed by atoms with Gasteiger partial charge in [-0.3, -0.25) is 18.7 Å². The van der Waals surface area contributed by atoms with Crippen LogP contribution in [0.1, 0.15) is 23.3 Å². The molecule has 0 saturated carbocycles. The van der Waals surface area contributed by atoms with E-state index in [1.165, 1.54) is 41.2 Å². The number of ether oxygens (including phenoxy) is 1. The van der Waals surface area contributed by atoms with Gasteiger partial charge in [0.2, 0.25) is 5.91 Å². The van der Waals surface area contributed by atoms with E-state index in [0.717, 1.165) is 40.7 Å². The molecule has 4 rings (SSSR count). The van der Waals surface area contributed by atoms with Crippen molar-refractivity contribution < 1.29 is 13.9 Å². The first-order chi connectivity index (χ1) is 14.5. The number of nitrogens with zero attached hydrogens (tertiary/aromatic N) is 2. The van der Waals surface area contributed by atoms with E-state index >= 15 is 0 Å². The minimum Gasteiger partial charge on any atom is -0.383 e. The number of benzene rings is 1. The van der Waals surface area contributed by atoms with Gasteiger partial charge in [0, 0.05) is 12.0 Å². The molecule has 1 amide bonds. The monoisotopic (exact) mass is 431 g/mol. The number of halogens is 1. The lowest BCUT2D eigenvalue weighted by Gasteiger charge is -2.13. The number of para-hydroxylation sites is 1. The van der Waals surface area contributed by atoms with Crippen molar-refractivity contribution in [3.63, 3.8) is 0 Å². The number of thiophene rings is 1. The van der Waals surface area contributed by atoms with Crippen molar-refractivity contribution in [2.75, 3.05) is 19.0 Å². The number of rotatable bonds is 6. The molecule has 0 aliphatic heterocycles. The van der Waals surface area contributed by atoms with Crippen LogP contribution < -0.4 is 16.6 Å². The molecular weight excluding hydrogens is 409 g/mol. The molecule has 0 saturated heterocycles. The number of carbonyl (C=O) groups excluding carboxylic acids is 1. The van der Waals surface area contributed by atoms with Crippen LogP contribution in [0, 0.1) is 5.82 Å². The number of methoxy groups -OCH3 is 1. The van der Waals surface area contributed by atoms with Crippen LogP contribution in [0.15, 0.2) is 33.9 Å². The molecule has 1 aliphatic carbocycles. The molecule has 30 heavy (non-hydrogen) atoms. The number of amides is 1. The molecule has 7 nitrogen and oxygen atoms in total. The molecular formula is C21H22FN3O4S. The van der Waals surface area contributed by atoms with Crippen molar-refractivity contribution in [3.8, 4) is 0 Å². The lowest BCUT2D eigenvalue weighted by Crippen LogP contribution is -2.42. The lowest BCUT2D eigenvalue weighted by molar-refractivity contribution is -0.116. The molecule has 1 aliphatic rings. The SMILES string of the molecule is COCCn1c(=O)c2c3c(sc2n(CC(=O)Nc2ccccc2F)c1=O)CCCC3. The van der Waals surface area contributed by atoms with Gasteiger partial charge in [0.05, 0.1) is 24.2 Å². The highest BCUT2D eigenvalue weighted by atomic mass is 32.1. The van der Waals surface area contributed by atoms with E-state index in [-0.39, 0.29) is 30.9 Å². The normalized spacial score (nSPS) is 13.4. The predicted octanol–water partition coefficient (Wildman–Crippen LogP) is 2.53. The van der Waals surface area contributed by atoms with Gasteiger partial charge < -0.3 is 10.1 Å². The Balaban J connectivity index is 1.80. The number of carbonyl (C=O) groups is 1. The quantitative estimate of drug-likeness (QED) is 0.650. The molecule has 1 N–H and O–H groups in total. The first-order valence-electron chi connectivity index (χ1n) is 9.82. The number of hydrogen-bond acceptors (Lipinski definition) is 5. The topological polar surface area (TPSA) is 82.3 Å². The zero-order chi connectivity index (χ0) is 21.3. The predicted molar refractivity (Wildman–Crippen MR) is 114 cm³/mol. The number of anilines is 1. The number of fused-ring (bicyclic) bond motifs is 3. The molecule has 0 fully saturated rings. The molecule has 0 unspecified atom stereocenters. The van der Waals surface area contributed by atoms with E-state index in [4.69, 9.17) is 4.74 Å². The maximum Gasteiger partial charge on any atom is 0.332 e. The third kappa shape index (κ3) is 3.70. The Morgan fingerprint density at radius 1 is 1.20 bits per heavy atom. The summed E-state index contributed by atoms with van der Waals surface area (Å²) >= 11 is 1.40. The molecule has 1 aromatic carbocycles. The van der Waals surface area contributed by atoms with Gasteiger partial charge >= 0.3 is 5.69 Å². The van der Waals surface area contributed by atoms with Crippen LogP contribution in [0.5, 0.6) is 0 Å². The highest BCUT2D eigenvalue weighted by Gasteiger charge is 2.24. The summed E-state index contributed by atoms with van der Waals surface area (Å²) in [7, 11) is 1.50. The molecule has 2 aromatic heterocycles. The van der Waals surface area contributed by atoms with Crippen molar-refractivity contribution in [2.45, 2.75) is 38.8 Å². The molecule has 158 valence electrons. The summed E-state index contributed by atoms with van der Waals surface area (Å²) in [5.74, 6) is -1.09. The fraction of sp³-hybridized carbons (Fsp3) is 0.381. The van der Waals surface area contributed by atoms with Crippen LogP contribution in [0.4, 0.5) is 10.1 Å². The maximum atomic E-state index is 13.9. The summed E-state index contributed by atoms with van der Waals surface area (Å²) in [6, 6.07) is 5.84. The standard InChI is InChI=1S/C21H22FN3O4S/c1-29-11-10-24-19(27)18-13-6-2-5-9-16(13)30-20(18)25(21(24)28)12-17(26)23-15-8-4-3-7-14(15)22/h3-4,7-8H,2,5-6,9-12H2,1H3,(H,23,26). The van der Waals surface area contributed by atoms with E-state index in [2.05, 4.69) is 5.32 Å². The maximum absolute atomic E-state index is 13.9. The number of nitrogens with one attached hydrogen (secondary N) is 1. The largest absolute Gasteiger partial charge is 0.383 e. The summed E-state index contributed by atoms with van der Waals surface area (Å²) in [4.78, 5) is 40.5. The highest BCUT2D eigenvalue weighted by Crippen LogP contribution is 2.34. The number of aromatic nitrogens is 2. The molecule has 3 aromatic rings. The van der Waals surface area contributed by atoms with Crippen LogP contribution in [-0.2, 0) is 35.5 Å². The van der Waals surface area contributed by atoms with Crippen LogP contribution >= 0.6 is 11.3 Å². The van der Waals surface area contributed by atoms with Gasteiger partial charge in [-0.05, 0) is 43.4 Å². The third-order valence-electron chi connectivity index (χ3n) is 5.29. The Labute approximate surface area is 175 Å². The van der Waals surface area contributed by atoms with E-state index in [0.29, 0.717) is 10.2 Å². The summed E-state index contributed by atoms with van der Waals surface area (Å²) in [5, 5.41) is 3.03. The fourth-order valence-corrected chi connectivity index (χ4v) is 5.20. The van der Waals surface area contributed by atoms with Crippen molar-refractivity contribution >= 4 is 33.1 Å². The second kappa shape index (κ2) is 8.53. The van der Waals surface area contributed by atoms with Gasteiger partial charge in [0.15, 0.2) is 0 Å². The Morgan fingerprint density at radius 3 is 2.73 bits per heavy atom. The minimum atomic E-state index is -0.563. The van der Waals surface area contributed by atoms with Gasteiger partial charge in [0.1, 0.15) is 17.2 Å². The summed E-state index contributed by atoms with van der Waals surface area (Å²) < 4.78 is 21.4. The summed E-state index contributed by atoms with van der Waals surface area (Å²) in [6.45, 7) is -0.00557. The number of hydrogen-bond donors (Lipinski definition) is 1. The van der Waals surface area contributed by atoms with Crippen LogP contribution in [0.25, 0.3) is 10.2 Å². The fourth-order valence-electron chi connectivity index (χ4n) is 3.83. The Kier molecular flexibility index (Phi) is 5.83. The van der Waals surface area contributed by atoms with Crippen molar-refractivity contribution in [1.29, 1.82) is 0 Å². The zero-order valence-electron chi connectivity index (χ0n) is 16.6. The average molecular weight is 431 g/mol. The van der Waals surface area contributed by atoms with Gasteiger partial charge in [-0.1, -0.05) is 12.1 Å². The Bertz CT molecular complexity index is 1230. The number of aryl methyl sites for hydroxylation is 2. The van der Waals surface area contributed by atoms with E-state index in [1.807, 2.05) is 0 Å². The Hall–Kier alpha value is -2.78. The third-order valence-corrected chi connectivity index (χ3v) is 6.60. The molecule has 0 atom stereocenters. The second-order valence-corrected chi connectivity index (χ2v) is 8.32. The zero-order valence-corrected chi connectivity index (χ0v) is 17.4. The van der Waals surface area contributed by atoms with Gasteiger partial charge in [-0.2, -0.15) is 0 Å². The molecule has 2 heterocycles. The second-order valence-electron chi connectivity index (χ2n) is 7.24. The molecule has 0 bridgehead atoms. The van der Waals surface area contributed by atoms with Gasteiger partial charge in [-0.15, -0.1) is 11.3 Å². The van der Waals surface area contributed by atoms with Gasteiger partial charge in [0.25, 0.3) is 5.56 Å². The first kappa shape index (κ1) is 20.5. The van der Waals surface area contributed by atoms with Crippen molar-refractivity contribution in [1.82, 2.24) is 9.13 Å². The summed E-state index contributed by atoms with van der Waals surface area (Å²) in [5.41, 5.74) is 0.134. The van der Waals surface area contributed by atoms with Crippen LogP contribution in [-0.4, -0.2) is 28.8 Å². The molecule has 0 radical (unpaired) electrons. The highest BCUT2D eigenvalue weighted by molar-refractivity contribution is 7.18. The minimum absolute atomic E-state index is 0.0463. The van der Waals surface area contributed by atoms with Crippen LogP contribution in [0.2, 0.25) is 0 Å². The van der Waals surface area contributed by atoms with E-state index in [9.17, 15) is 18.8 Å². The van der Waals surface area contributed by atoms with Gasteiger partial charge in [-0.25, -0.2) is 9.18 Å². The van der Waals surface area contributed by atoms with Crippen molar-refractivity contribution in [3.05, 3.63) is 61.4 Å².